The highest BCUT2D eigenvalue weighted by atomic mass is 79.9. The van der Waals surface area contributed by atoms with Crippen molar-refractivity contribution in [2.24, 2.45) is 0 Å². The van der Waals surface area contributed by atoms with E-state index < -0.39 is 0 Å². The molecule has 2 N–H and O–H groups in total. The van der Waals surface area contributed by atoms with Gasteiger partial charge in [0, 0.05) is 28.4 Å². The van der Waals surface area contributed by atoms with Gasteiger partial charge in [-0.05, 0) is 43.3 Å². The third-order valence-electron chi connectivity index (χ3n) is 3.99. The minimum atomic E-state index is -0.239. The molecular formula is C20H19BrN2O3. The molecule has 0 aliphatic heterocycles. The molecule has 0 bridgehead atoms. The van der Waals surface area contributed by atoms with Crippen LogP contribution >= 0.6 is 15.9 Å². The molecule has 2 amide bonds. The van der Waals surface area contributed by atoms with Gasteiger partial charge in [-0.25, -0.2) is 0 Å². The first-order valence-electron chi connectivity index (χ1n) is 8.34. The normalized spacial score (nSPS) is 11.9. The Hall–Kier alpha value is -2.60. The summed E-state index contributed by atoms with van der Waals surface area (Å²) in [6.45, 7) is 2.14. The lowest BCUT2D eigenvalue weighted by Gasteiger charge is -2.11. The maximum Gasteiger partial charge on any atom is 0.251 e. The van der Waals surface area contributed by atoms with E-state index in [1.54, 1.807) is 24.3 Å². The van der Waals surface area contributed by atoms with Crippen LogP contribution in [0.4, 0.5) is 0 Å². The minimum Gasteiger partial charge on any atom is -0.459 e. The number of carbonyl (C=O) groups is 2. The van der Waals surface area contributed by atoms with Gasteiger partial charge in [-0.15, -0.1) is 0 Å². The van der Waals surface area contributed by atoms with Gasteiger partial charge in [-0.2, -0.15) is 0 Å². The van der Waals surface area contributed by atoms with Crippen LogP contribution < -0.4 is 10.6 Å². The molecule has 6 heteroatoms. The molecule has 0 spiro atoms. The van der Waals surface area contributed by atoms with E-state index in [1.165, 1.54) is 0 Å². The SMILES string of the molecule is CC(NC(=O)CCNC(=O)c1ccc(Br)cc1)c1cc2ccccc2o1. The van der Waals surface area contributed by atoms with E-state index in [9.17, 15) is 9.59 Å². The second kappa shape index (κ2) is 8.19. The summed E-state index contributed by atoms with van der Waals surface area (Å²) in [6.07, 6.45) is 0.201. The Balaban J connectivity index is 1.47. The van der Waals surface area contributed by atoms with Gasteiger partial charge in [0.1, 0.15) is 11.3 Å². The summed E-state index contributed by atoms with van der Waals surface area (Å²) in [5.41, 5.74) is 1.36. The second-order valence-electron chi connectivity index (χ2n) is 5.99. The summed E-state index contributed by atoms with van der Waals surface area (Å²) in [5.74, 6) is 0.364. The van der Waals surface area contributed by atoms with Crippen LogP contribution in [0.2, 0.25) is 0 Å². The van der Waals surface area contributed by atoms with E-state index in [0.717, 1.165) is 15.4 Å². The first-order chi connectivity index (χ1) is 12.5. The smallest absolute Gasteiger partial charge is 0.251 e. The third-order valence-corrected chi connectivity index (χ3v) is 4.52. The maximum atomic E-state index is 12.1. The van der Waals surface area contributed by atoms with Crippen LogP contribution in [0.3, 0.4) is 0 Å². The molecule has 0 fully saturated rings. The van der Waals surface area contributed by atoms with Crippen molar-refractivity contribution in [3.63, 3.8) is 0 Å². The summed E-state index contributed by atoms with van der Waals surface area (Å²) >= 11 is 3.33. The predicted octanol–water partition coefficient (Wildman–Crippen LogP) is 4.19. The number of rotatable bonds is 6. The fraction of sp³-hybridized carbons (Fsp3) is 0.200. The quantitative estimate of drug-likeness (QED) is 0.634. The molecule has 26 heavy (non-hydrogen) atoms. The van der Waals surface area contributed by atoms with Crippen molar-refractivity contribution in [3.05, 3.63) is 70.4 Å². The molecule has 5 nitrogen and oxygen atoms in total. The highest BCUT2D eigenvalue weighted by Gasteiger charge is 2.14. The van der Waals surface area contributed by atoms with Gasteiger partial charge >= 0.3 is 0 Å². The molecule has 3 aromatic rings. The third kappa shape index (κ3) is 4.52. The molecule has 0 radical (unpaired) electrons. The van der Waals surface area contributed by atoms with E-state index >= 15 is 0 Å². The zero-order valence-corrected chi connectivity index (χ0v) is 15.9. The Labute approximate surface area is 159 Å². The van der Waals surface area contributed by atoms with Crippen LogP contribution in [0.1, 0.15) is 35.5 Å². The van der Waals surface area contributed by atoms with Crippen molar-refractivity contribution in [2.75, 3.05) is 6.54 Å². The molecule has 0 saturated carbocycles. The molecule has 1 atom stereocenters. The topological polar surface area (TPSA) is 71.3 Å². The monoisotopic (exact) mass is 414 g/mol. The first-order valence-corrected chi connectivity index (χ1v) is 9.14. The van der Waals surface area contributed by atoms with Crippen molar-refractivity contribution in [2.45, 2.75) is 19.4 Å². The number of para-hydroxylation sites is 1. The average molecular weight is 415 g/mol. The molecule has 1 heterocycles. The number of nitrogens with one attached hydrogen (secondary N) is 2. The lowest BCUT2D eigenvalue weighted by atomic mass is 10.2. The summed E-state index contributed by atoms with van der Waals surface area (Å²) in [7, 11) is 0. The minimum absolute atomic E-state index is 0.144. The summed E-state index contributed by atoms with van der Waals surface area (Å²) in [4.78, 5) is 24.1. The van der Waals surface area contributed by atoms with Gasteiger partial charge in [-0.3, -0.25) is 9.59 Å². The maximum absolute atomic E-state index is 12.1. The largest absolute Gasteiger partial charge is 0.459 e. The van der Waals surface area contributed by atoms with E-state index in [1.807, 2.05) is 37.3 Å². The molecule has 3 rings (SSSR count). The summed E-state index contributed by atoms with van der Waals surface area (Å²) < 4.78 is 6.66. The first kappa shape index (κ1) is 18.2. The van der Waals surface area contributed by atoms with E-state index in [2.05, 4.69) is 26.6 Å². The van der Waals surface area contributed by atoms with Crippen molar-refractivity contribution in [3.8, 4) is 0 Å². The number of furan rings is 1. The van der Waals surface area contributed by atoms with Crippen molar-refractivity contribution in [1.82, 2.24) is 10.6 Å². The zero-order chi connectivity index (χ0) is 18.5. The second-order valence-corrected chi connectivity index (χ2v) is 6.90. The lowest BCUT2D eigenvalue weighted by molar-refractivity contribution is -0.121. The lowest BCUT2D eigenvalue weighted by Crippen LogP contribution is -2.31. The van der Waals surface area contributed by atoms with Crippen LogP contribution in [-0.2, 0) is 4.79 Å². The Kier molecular flexibility index (Phi) is 5.73. The van der Waals surface area contributed by atoms with Crippen molar-refractivity contribution in [1.29, 1.82) is 0 Å². The Morgan fingerprint density at radius 3 is 2.58 bits per heavy atom. The van der Waals surface area contributed by atoms with Gasteiger partial charge in [-0.1, -0.05) is 34.1 Å². The molecule has 1 unspecified atom stereocenters. The number of hydrogen-bond acceptors (Lipinski definition) is 3. The molecule has 0 aliphatic rings. The van der Waals surface area contributed by atoms with Crippen molar-refractivity contribution >= 4 is 38.7 Å². The molecule has 2 aromatic carbocycles. The molecule has 1 aromatic heterocycles. The Morgan fingerprint density at radius 2 is 1.85 bits per heavy atom. The number of halogens is 1. The van der Waals surface area contributed by atoms with Crippen LogP contribution in [0.15, 0.2) is 63.5 Å². The summed E-state index contributed by atoms with van der Waals surface area (Å²) in [5, 5.41) is 6.64. The number of hydrogen-bond donors (Lipinski definition) is 2. The molecular weight excluding hydrogens is 396 g/mol. The number of amides is 2. The van der Waals surface area contributed by atoms with Gasteiger partial charge in [0.05, 0.1) is 6.04 Å². The van der Waals surface area contributed by atoms with Gasteiger partial charge < -0.3 is 15.1 Å². The molecule has 0 saturated heterocycles. The fourth-order valence-corrected chi connectivity index (χ4v) is 2.86. The van der Waals surface area contributed by atoms with Crippen LogP contribution in [0.25, 0.3) is 11.0 Å². The van der Waals surface area contributed by atoms with Gasteiger partial charge in [0.25, 0.3) is 5.91 Å². The fourth-order valence-electron chi connectivity index (χ4n) is 2.59. The predicted molar refractivity (Wildman–Crippen MR) is 104 cm³/mol. The van der Waals surface area contributed by atoms with Gasteiger partial charge in [0.2, 0.25) is 5.91 Å². The highest BCUT2D eigenvalue weighted by Crippen LogP contribution is 2.23. The molecule has 134 valence electrons. The number of benzene rings is 2. The average Bonchev–Trinajstić information content (AvgIpc) is 3.06. The Morgan fingerprint density at radius 1 is 1.12 bits per heavy atom. The van der Waals surface area contributed by atoms with E-state index in [4.69, 9.17) is 4.42 Å². The Bertz CT molecular complexity index is 885. The van der Waals surface area contributed by atoms with Crippen molar-refractivity contribution < 1.29 is 14.0 Å². The van der Waals surface area contributed by atoms with Gasteiger partial charge in [0.15, 0.2) is 0 Å². The standard InChI is InChI=1S/C20H19BrN2O3/c1-13(18-12-15-4-2-3-5-17(15)26-18)23-19(24)10-11-22-20(25)14-6-8-16(21)9-7-14/h2-9,12-13H,10-11H2,1H3,(H,22,25)(H,23,24). The van der Waals surface area contributed by atoms with E-state index in [0.29, 0.717) is 11.3 Å². The number of fused-ring (bicyclic) bond motifs is 1. The van der Waals surface area contributed by atoms with Crippen LogP contribution in [-0.4, -0.2) is 18.4 Å². The molecule has 0 aliphatic carbocycles. The number of carbonyl (C=O) groups excluding carboxylic acids is 2. The highest BCUT2D eigenvalue weighted by molar-refractivity contribution is 9.10. The summed E-state index contributed by atoms with van der Waals surface area (Å²) in [6, 6.07) is 16.5. The van der Waals surface area contributed by atoms with E-state index in [-0.39, 0.29) is 30.8 Å². The van der Waals surface area contributed by atoms with Crippen LogP contribution in [0.5, 0.6) is 0 Å². The van der Waals surface area contributed by atoms with Crippen LogP contribution in [0, 0.1) is 0 Å². The zero-order valence-electron chi connectivity index (χ0n) is 14.3.